The van der Waals surface area contributed by atoms with Crippen molar-refractivity contribution in [2.24, 2.45) is 0 Å². The number of hydrogen-bond donors (Lipinski definition) is 2. The molecule has 0 spiro atoms. The number of aromatic amines is 1. The average Bonchev–Trinajstić information content (AvgIpc) is 2.84. The predicted molar refractivity (Wildman–Crippen MR) is 68.2 cm³/mol. The summed E-state index contributed by atoms with van der Waals surface area (Å²) in [5.74, 6) is 0. The van der Waals surface area contributed by atoms with Gasteiger partial charge < -0.3 is 10.1 Å². The van der Waals surface area contributed by atoms with Crippen molar-refractivity contribution in [2.45, 2.75) is 25.5 Å². The summed E-state index contributed by atoms with van der Waals surface area (Å²) in [6.45, 7) is 2.71. The Hall–Kier alpha value is -1.11. The molecule has 6 nitrogen and oxygen atoms in total. The minimum absolute atomic E-state index is 0.0220. The van der Waals surface area contributed by atoms with Crippen LogP contribution in [-0.2, 0) is 11.3 Å². The fourth-order valence-corrected chi connectivity index (χ4v) is 2.08. The molecule has 1 aromatic rings. The molecule has 1 aliphatic heterocycles. The van der Waals surface area contributed by atoms with Crippen molar-refractivity contribution < 1.29 is 4.74 Å². The Kier molecular flexibility index (Phi) is 4.57. The lowest BCUT2D eigenvalue weighted by Crippen LogP contribution is -2.34. The van der Waals surface area contributed by atoms with E-state index in [0.717, 1.165) is 26.0 Å². The van der Waals surface area contributed by atoms with E-state index in [1.54, 1.807) is 0 Å². The molecule has 18 heavy (non-hydrogen) atoms. The van der Waals surface area contributed by atoms with E-state index in [1.807, 2.05) is 0 Å². The Balaban J connectivity index is 1.81. The van der Waals surface area contributed by atoms with E-state index in [-0.39, 0.29) is 11.1 Å². The van der Waals surface area contributed by atoms with Crippen molar-refractivity contribution in [3.8, 4) is 0 Å². The molecule has 1 saturated heterocycles. The second kappa shape index (κ2) is 6.17. The van der Waals surface area contributed by atoms with Gasteiger partial charge in [0.15, 0.2) is 0 Å². The normalized spacial score (nSPS) is 19.3. The lowest BCUT2D eigenvalue weighted by atomic mass is 10.2. The highest BCUT2D eigenvalue weighted by molar-refractivity contribution is 6.30. The number of halogens is 1. The van der Waals surface area contributed by atoms with Crippen LogP contribution in [0.4, 0.5) is 0 Å². The second-order valence-electron chi connectivity index (χ2n) is 4.27. The molecule has 0 radical (unpaired) electrons. The maximum atomic E-state index is 11.4. The van der Waals surface area contributed by atoms with E-state index < -0.39 is 11.2 Å². The van der Waals surface area contributed by atoms with Gasteiger partial charge in [-0.25, -0.2) is 4.79 Å². The SMILES string of the molecule is O=c1[nH]c(=O)n(CCNCC2CCCO2)cc1Cl. The minimum atomic E-state index is -0.551. The summed E-state index contributed by atoms with van der Waals surface area (Å²) in [7, 11) is 0. The number of hydrogen-bond acceptors (Lipinski definition) is 4. The molecule has 1 unspecified atom stereocenters. The summed E-state index contributed by atoms with van der Waals surface area (Å²) in [6, 6.07) is 0. The van der Waals surface area contributed by atoms with Gasteiger partial charge in [0.25, 0.3) is 5.56 Å². The molecule has 0 bridgehead atoms. The fourth-order valence-electron chi connectivity index (χ4n) is 1.92. The van der Waals surface area contributed by atoms with Crippen LogP contribution in [0.5, 0.6) is 0 Å². The molecule has 0 aliphatic carbocycles. The fraction of sp³-hybridized carbons (Fsp3) is 0.636. The number of nitrogens with one attached hydrogen (secondary N) is 2. The summed E-state index contributed by atoms with van der Waals surface area (Å²) in [5.41, 5.74) is -0.992. The van der Waals surface area contributed by atoms with E-state index in [9.17, 15) is 9.59 Å². The van der Waals surface area contributed by atoms with E-state index in [4.69, 9.17) is 16.3 Å². The van der Waals surface area contributed by atoms with Gasteiger partial charge in [0.1, 0.15) is 5.02 Å². The highest BCUT2D eigenvalue weighted by Gasteiger charge is 2.14. The van der Waals surface area contributed by atoms with Gasteiger partial charge in [-0.2, -0.15) is 0 Å². The van der Waals surface area contributed by atoms with Crippen molar-refractivity contribution in [3.63, 3.8) is 0 Å². The molecule has 7 heteroatoms. The van der Waals surface area contributed by atoms with E-state index in [1.165, 1.54) is 10.8 Å². The van der Waals surface area contributed by atoms with Crippen LogP contribution < -0.4 is 16.6 Å². The molecule has 0 saturated carbocycles. The van der Waals surface area contributed by atoms with Gasteiger partial charge >= 0.3 is 5.69 Å². The molecule has 2 rings (SSSR count). The zero-order valence-electron chi connectivity index (χ0n) is 9.95. The van der Waals surface area contributed by atoms with Crippen LogP contribution in [0.25, 0.3) is 0 Å². The molecule has 2 N–H and O–H groups in total. The lowest BCUT2D eigenvalue weighted by Gasteiger charge is -2.11. The Morgan fingerprint density at radius 3 is 3.11 bits per heavy atom. The van der Waals surface area contributed by atoms with Crippen molar-refractivity contribution in [1.29, 1.82) is 0 Å². The molecular weight excluding hydrogens is 258 g/mol. The summed E-state index contributed by atoms with van der Waals surface area (Å²) in [6.07, 6.45) is 3.83. The quantitative estimate of drug-likeness (QED) is 0.738. The van der Waals surface area contributed by atoms with E-state index >= 15 is 0 Å². The summed E-state index contributed by atoms with van der Waals surface area (Å²) in [5, 5.41) is 3.24. The van der Waals surface area contributed by atoms with Crippen molar-refractivity contribution in [2.75, 3.05) is 19.7 Å². The third-order valence-corrected chi connectivity index (χ3v) is 3.16. The Labute approximate surface area is 109 Å². The Morgan fingerprint density at radius 1 is 1.56 bits per heavy atom. The van der Waals surface area contributed by atoms with E-state index in [0.29, 0.717) is 13.1 Å². The largest absolute Gasteiger partial charge is 0.377 e. The first kappa shape index (κ1) is 13.3. The maximum Gasteiger partial charge on any atom is 0.328 e. The van der Waals surface area contributed by atoms with Crippen LogP contribution in [0.15, 0.2) is 15.8 Å². The molecule has 100 valence electrons. The van der Waals surface area contributed by atoms with E-state index in [2.05, 4.69) is 10.3 Å². The third-order valence-electron chi connectivity index (χ3n) is 2.89. The molecule has 1 aliphatic rings. The maximum absolute atomic E-state index is 11.4. The average molecular weight is 274 g/mol. The molecule has 1 atom stereocenters. The molecule has 1 aromatic heterocycles. The van der Waals surface area contributed by atoms with Gasteiger partial charge in [-0.3, -0.25) is 14.3 Å². The molecule has 0 aromatic carbocycles. The Morgan fingerprint density at radius 2 is 2.39 bits per heavy atom. The van der Waals surface area contributed by atoms with Crippen LogP contribution in [0, 0.1) is 0 Å². The molecular formula is C11H16ClN3O3. The minimum Gasteiger partial charge on any atom is -0.377 e. The molecule has 2 heterocycles. The van der Waals surface area contributed by atoms with Gasteiger partial charge in [-0.05, 0) is 12.8 Å². The summed E-state index contributed by atoms with van der Waals surface area (Å²) in [4.78, 5) is 24.7. The monoisotopic (exact) mass is 273 g/mol. The number of aromatic nitrogens is 2. The topological polar surface area (TPSA) is 76.1 Å². The second-order valence-corrected chi connectivity index (χ2v) is 4.68. The van der Waals surface area contributed by atoms with Gasteiger partial charge in [-0.15, -0.1) is 0 Å². The summed E-state index contributed by atoms with van der Waals surface area (Å²) >= 11 is 5.66. The Bertz CT molecular complexity index is 505. The number of nitrogens with zero attached hydrogens (tertiary/aromatic N) is 1. The first-order valence-corrected chi connectivity index (χ1v) is 6.36. The van der Waals surface area contributed by atoms with Gasteiger partial charge in [0.2, 0.25) is 0 Å². The first-order chi connectivity index (χ1) is 8.66. The highest BCUT2D eigenvalue weighted by Crippen LogP contribution is 2.10. The van der Waals surface area contributed by atoms with Gasteiger partial charge in [0, 0.05) is 32.4 Å². The molecule has 1 fully saturated rings. The van der Waals surface area contributed by atoms with Gasteiger partial charge in [-0.1, -0.05) is 11.6 Å². The highest BCUT2D eigenvalue weighted by atomic mass is 35.5. The number of rotatable bonds is 5. The zero-order valence-corrected chi connectivity index (χ0v) is 10.7. The van der Waals surface area contributed by atoms with Gasteiger partial charge in [0.05, 0.1) is 6.10 Å². The predicted octanol–water partition coefficient (Wildman–Crippen LogP) is -0.0414. The standard InChI is InChI=1S/C11H16ClN3O3/c12-9-7-15(11(17)14-10(9)16)4-3-13-6-8-2-1-5-18-8/h7-8,13H,1-6H2,(H,14,16,17). The van der Waals surface area contributed by atoms with Crippen molar-refractivity contribution in [1.82, 2.24) is 14.9 Å². The van der Waals surface area contributed by atoms with Crippen LogP contribution >= 0.6 is 11.6 Å². The first-order valence-electron chi connectivity index (χ1n) is 5.98. The van der Waals surface area contributed by atoms with Crippen LogP contribution in [0.1, 0.15) is 12.8 Å². The van der Waals surface area contributed by atoms with Crippen LogP contribution in [0.3, 0.4) is 0 Å². The number of H-pyrrole nitrogens is 1. The molecule has 0 amide bonds. The van der Waals surface area contributed by atoms with Crippen molar-refractivity contribution in [3.05, 3.63) is 32.1 Å². The van der Waals surface area contributed by atoms with Crippen molar-refractivity contribution >= 4 is 11.6 Å². The smallest absolute Gasteiger partial charge is 0.328 e. The van der Waals surface area contributed by atoms with Crippen LogP contribution in [-0.4, -0.2) is 35.4 Å². The summed E-state index contributed by atoms with van der Waals surface area (Å²) < 4.78 is 6.85. The zero-order chi connectivity index (χ0) is 13.0. The third kappa shape index (κ3) is 3.44. The van der Waals surface area contributed by atoms with Crippen LogP contribution in [0.2, 0.25) is 5.02 Å². The lowest BCUT2D eigenvalue weighted by molar-refractivity contribution is 0.110. The number of ether oxygens (including phenoxy) is 1.